The molecule has 0 fully saturated rings. The summed E-state index contributed by atoms with van der Waals surface area (Å²) in [5.41, 5.74) is 0. The van der Waals surface area contributed by atoms with Crippen LogP contribution >= 0.6 is 15.9 Å². The molecule has 0 aromatic rings. The van der Waals surface area contributed by atoms with Crippen molar-refractivity contribution in [1.29, 1.82) is 0 Å². The molecule has 0 spiro atoms. The van der Waals surface area contributed by atoms with Crippen LogP contribution < -0.4 is 0 Å². The standard InChI is InChI=1S/C7H11BrO4/c1-11-6(9)4-3-5(8)7(10)12-2/h5H,3-4H2,1-2H3/t5-/m0/s1. The first-order valence-corrected chi connectivity index (χ1v) is 4.32. The minimum atomic E-state index is -0.429. The third-order valence-electron chi connectivity index (χ3n) is 1.29. The van der Waals surface area contributed by atoms with Crippen LogP contribution in [0.15, 0.2) is 0 Å². The Bertz CT molecular complexity index is 169. The zero-order valence-corrected chi connectivity index (χ0v) is 8.59. The Morgan fingerprint density at radius 3 is 2.33 bits per heavy atom. The molecular weight excluding hydrogens is 228 g/mol. The third-order valence-corrected chi connectivity index (χ3v) is 2.12. The maximum Gasteiger partial charge on any atom is 0.319 e. The monoisotopic (exact) mass is 238 g/mol. The van der Waals surface area contributed by atoms with Crippen LogP contribution in [-0.4, -0.2) is 31.0 Å². The summed E-state index contributed by atoms with van der Waals surface area (Å²) in [6.07, 6.45) is 0.598. The summed E-state index contributed by atoms with van der Waals surface area (Å²) in [4.78, 5) is 21.0. The highest BCUT2D eigenvalue weighted by atomic mass is 79.9. The Balaban J connectivity index is 3.63. The summed E-state index contributed by atoms with van der Waals surface area (Å²) < 4.78 is 8.84. The first-order valence-electron chi connectivity index (χ1n) is 3.40. The average Bonchev–Trinajstić information content (AvgIpc) is 2.11. The van der Waals surface area contributed by atoms with Crippen LogP contribution in [0.4, 0.5) is 0 Å². The van der Waals surface area contributed by atoms with Gasteiger partial charge in [0.15, 0.2) is 0 Å². The molecule has 0 rings (SSSR count). The van der Waals surface area contributed by atoms with Gasteiger partial charge in [-0.15, -0.1) is 0 Å². The molecule has 0 radical (unpaired) electrons. The normalized spacial score (nSPS) is 11.9. The number of carbonyl (C=O) groups excluding carboxylic acids is 2. The molecule has 0 aliphatic heterocycles. The van der Waals surface area contributed by atoms with Crippen molar-refractivity contribution < 1.29 is 19.1 Å². The SMILES string of the molecule is COC(=O)CC[C@H](Br)C(=O)OC. The lowest BCUT2D eigenvalue weighted by atomic mass is 10.2. The second-order valence-corrected chi connectivity index (χ2v) is 3.21. The first-order chi connectivity index (χ1) is 5.61. The molecule has 12 heavy (non-hydrogen) atoms. The van der Waals surface area contributed by atoms with E-state index < -0.39 is 4.83 Å². The maximum absolute atomic E-state index is 10.8. The van der Waals surface area contributed by atoms with Gasteiger partial charge in [-0.1, -0.05) is 15.9 Å². The van der Waals surface area contributed by atoms with E-state index in [0.29, 0.717) is 6.42 Å². The Morgan fingerprint density at radius 2 is 1.92 bits per heavy atom. The van der Waals surface area contributed by atoms with Gasteiger partial charge in [-0.05, 0) is 6.42 Å². The topological polar surface area (TPSA) is 52.6 Å². The van der Waals surface area contributed by atoms with Crippen molar-refractivity contribution in [2.45, 2.75) is 17.7 Å². The molecule has 5 heteroatoms. The largest absolute Gasteiger partial charge is 0.469 e. The molecule has 0 aromatic heterocycles. The van der Waals surface area contributed by atoms with Crippen LogP contribution in [0.1, 0.15) is 12.8 Å². The summed E-state index contributed by atoms with van der Waals surface area (Å²) in [5, 5.41) is 0. The summed E-state index contributed by atoms with van der Waals surface area (Å²) in [6, 6.07) is 0. The molecule has 0 saturated heterocycles. The van der Waals surface area contributed by atoms with Crippen LogP contribution in [-0.2, 0) is 19.1 Å². The predicted octanol–water partition coefficient (Wildman–Crippen LogP) is 0.876. The fourth-order valence-electron chi connectivity index (χ4n) is 0.592. The number of rotatable bonds is 4. The Labute approximate surface area is 79.3 Å². The summed E-state index contributed by atoms with van der Waals surface area (Å²) in [7, 11) is 2.61. The van der Waals surface area contributed by atoms with Gasteiger partial charge < -0.3 is 9.47 Å². The number of halogens is 1. The van der Waals surface area contributed by atoms with Crippen molar-refractivity contribution in [3.05, 3.63) is 0 Å². The molecule has 0 aromatic carbocycles. The van der Waals surface area contributed by atoms with E-state index in [1.54, 1.807) is 0 Å². The Hall–Kier alpha value is -0.580. The van der Waals surface area contributed by atoms with E-state index in [9.17, 15) is 9.59 Å². The number of esters is 2. The van der Waals surface area contributed by atoms with Crippen molar-refractivity contribution in [2.75, 3.05) is 14.2 Å². The van der Waals surface area contributed by atoms with Crippen molar-refractivity contribution in [3.8, 4) is 0 Å². The van der Waals surface area contributed by atoms with Crippen LogP contribution in [0.2, 0.25) is 0 Å². The number of hydrogen-bond acceptors (Lipinski definition) is 4. The number of carbonyl (C=O) groups is 2. The van der Waals surface area contributed by atoms with Gasteiger partial charge in [0.25, 0.3) is 0 Å². The summed E-state index contributed by atoms with van der Waals surface area (Å²) >= 11 is 3.08. The van der Waals surface area contributed by atoms with E-state index in [4.69, 9.17) is 0 Å². The molecule has 0 N–H and O–H groups in total. The molecule has 0 aliphatic rings. The van der Waals surface area contributed by atoms with Gasteiger partial charge in [0.05, 0.1) is 14.2 Å². The molecule has 0 saturated carbocycles. The lowest BCUT2D eigenvalue weighted by Gasteiger charge is -2.05. The zero-order valence-electron chi connectivity index (χ0n) is 7.00. The van der Waals surface area contributed by atoms with Crippen LogP contribution in [0.5, 0.6) is 0 Å². The summed E-state index contributed by atoms with van der Waals surface area (Å²) in [6.45, 7) is 0. The highest BCUT2D eigenvalue weighted by Gasteiger charge is 2.16. The van der Waals surface area contributed by atoms with Gasteiger partial charge in [0, 0.05) is 6.42 Å². The van der Waals surface area contributed by atoms with Gasteiger partial charge in [0.1, 0.15) is 4.83 Å². The molecule has 0 bridgehead atoms. The van der Waals surface area contributed by atoms with E-state index in [-0.39, 0.29) is 18.4 Å². The fourth-order valence-corrected chi connectivity index (χ4v) is 1.01. The smallest absolute Gasteiger partial charge is 0.319 e. The van der Waals surface area contributed by atoms with Crippen LogP contribution in [0, 0.1) is 0 Å². The van der Waals surface area contributed by atoms with Crippen molar-refractivity contribution >= 4 is 27.9 Å². The highest BCUT2D eigenvalue weighted by molar-refractivity contribution is 9.10. The summed E-state index contributed by atoms with van der Waals surface area (Å²) in [5.74, 6) is -0.706. The van der Waals surface area contributed by atoms with Gasteiger partial charge in [-0.25, -0.2) is 0 Å². The molecular formula is C7H11BrO4. The average molecular weight is 239 g/mol. The van der Waals surface area contributed by atoms with Crippen molar-refractivity contribution in [3.63, 3.8) is 0 Å². The van der Waals surface area contributed by atoms with E-state index >= 15 is 0 Å². The molecule has 0 heterocycles. The van der Waals surface area contributed by atoms with Gasteiger partial charge in [-0.2, -0.15) is 0 Å². The third kappa shape index (κ3) is 4.33. The van der Waals surface area contributed by atoms with Crippen LogP contribution in [0.25, 0.3) is 0 Å². The quantitative estimate of drug-likeness (QED) is 0.539. The van der Waals surface area contributed by atoms with Crippen LogP contribution in [0.3, 0.4) is 0 Å². The van der Waals surface area contributed by atoms with Gasteiger partial charge in [0.2, 0.25) is 0 Å². The minimum Gasteiger partial charge on any atom is -0.469 e. The van der Waals surface area contributed by atoms with Gasteiger partial charge in [-0.3, -0.25) is 9.59 Å². The Kier molecular flexibility index (Phi) is 5.70. The maximum atomic E-state index is 10.8. The number of alkyl halides is 1. The highest BCUT2D eigenvalue weighted by Crippen LogP contribution is 2.09. The number of ether oxygens (including phenoxy) is 2. The molecule has 0 amide bonds. The second kappa shape index (κ2) is 5.99. The lowest BCUT2D eigenvalue weighted by Crippen LogP contribution is -2.17. The fraction of sp³-hybridized carbons (Fsp3) is 0.714. The predicted molar refractivity (Wildman–Crippen MR) is 46.0 cm³/mol. The van der Waals surface area contributed by atoms with Crippen molar-refractivity contribution in [1.82, 2.24) is 0 Å². The molecule has 70 valence electrons. The molecule has 0 unspecified atom stereocenters. The minimum absolute atomic E-state index is 0.210. The molecule has 0 aliphatic carbocycles. The zero-order chi connectivity index (χ0) is 9.56. The van der Waals surface area contributed by atoms with E-state index in [2.05, 4.69) is 25.4 Å². The number of methoxy groups -OCH3 is 2. The lowest BCUT2D eigenvalue weighted by molar-refractivity contribution is -0.141. The second-order valence-electron chi connectivity index (χ2n) is 2.11. The Morgan fingerprint density at radius 1 is 1.33 bits per heavy atom. The van der Waals surface area contributed by atoms with E-state index in [0.717, 1.165) is 0 Å². The molecule has 1 atom stereocenters. The van der Waals surface area contributed by atoms with E-state index in [1.807, 2.05) is 0 Å². The van der Waals surface area contributed by atoms with Crippen molar-refractivity contribution in [2.24, 2.45) is 0 Å². The number of hydrogen-bond donors (Lipinski definition) is 0. The first kappa shape index (κ1) is 11.4. The van der Waals surface area contributed by atoms with E-state index in [1.165, 1.54) is 14.2 Å². The van der Waals surface area contributed by atoms with Gasteiger partial charge >= 0.3 is 11.9 Å². The molecule has 4 nitrogen and oxygen atoms in total.